The number of rotatable bonds is 2. The molecule has 2 aliphatic heterocycles. The average molecular weight is 354 g/mol. The molecular formula is C16H20BrNO3. The number of benzene rings is 1. The van der Waals surface area contributed by atoms with Crippen LogP contribution in [0.1, 0.15) is 20.3 Å². The molecule has 1 aromatic rings. The highest BCUT2D eigenvalue weighted by atomic mass is 79.9. The Morgan fingerprint density at radius 3 is 2.62 bits per heavy atom. The first-order valence-corrected chi connectivity index (χ1v) is 8.34. The molecular weight excluding hydrogens is 334 g/mol. The van der Waals surface area contributed by atoms with Crippen molar-refractivity contribution in [1.29, 1.82) is 0 Å². The molecule has 1 saturated carbocycles. The Kier molecular flexibility index (Phi) is 3.12. The summed E-state index contributed by atoms with van der Waals surface area (Å²) in [4.78, 5) is 0. The molecule has 3 unspecified atom stereocenters. The Labute approximate surface area is 133 Å². The van der Waals surface area contributed by atoms with Crippen LogP contribution in [-0.2, 0) is 4.74 Å². The second-order valence-corrected chi connectivity index (χ2v) is 7.52. The fourth-order valence-electron chi connectivity index (χ4n) is 3.96. The van der Waals surface area contributed by atoms with Crippen molar-refractivity contribution in [2.75, 3.05) is 25.1 Å². The quantitative estimate of drug-likeness (QED) is 0.883. The predicted octanol–water partition coefficient (Wildman–Crippen LogP) is 3.45. The van der Waals surface area contributed by atoms with Crippen LogP contribution in [0.15, 0.2) is 16.6 Å². The van der Waals surface area contributed by atoms with Gasteiger partial charge in [0, 0.05) is 40.6 Å². The fourth-order valence-corrected chi connectivity index (χ4v) is 4.40. The van der Waals surface area contributed by atoms with Crippen molar-refractivity contribution in [1.82, 2.24) is 0 Å². The average Bonchev–Trinajstić information content (AvgIpc) is 2.91. The third kappa shape index (κ3) is 2.05. The van der Waals surface area contributed by atoms with Gasteiger partial charge in [0.25, 0.3) is 0 Å². The third-order valence-corrected chi connectivity index (χ3v) is 5.70. The molecule has 1 aromatic carbocycles. The lowest BCUT2D eigenvalue weighted by atomic mass is 9.57. The molecule has 4 rings (SSSR count). The van der Waals surface area contributed by atoms with Crippen LogP contribution in [0.3, 0.4) is 0 Å². The van der Waals surface area contributed by atoms with Gasteiger partial charge in [-0.2, -0.15) is 0 Å². The first-order valence-electron chi connectivity index (χ1n) is 7.54. The van der Waals surface area contributed by atoms with E-state index < -0.39 is 0 Å². The highest BCUT2D eigenvalue weighted by molar-refractivity contribution is 9.10. The molecule has 4 nitrogen and oxygen atoms in total. The monoisotopic (exact) mass is 353 g/mol. The number of anilines is 1. The van der Waals surface area contributed by atoms with Gasteiger partial charge < -0.3 is 19.5 Å². The van der Waals surface area contributed by atoms with E-state index in [4.69, 9.17) is 14.2 Å². The number of ether oxygens (including phenoxy) is 3. The van der Waals surface area contributed by atoms with E-state index in [-0.39, 0.29) is 5.41 Å². The molecule has 5 heteroatoms. The number of nitrogens with one attached hydrogen (secondary N) is 1. The van der Waals surface area contributed by atoms with Gasteiger partial charge in [0.1, 0.15) is 13.2 Å². The molecule has 0 spiro atoms. The molecule has 2 fully saturated rings. The van der Waals surface area contributed by atoms with Crippen LogP contribution in [-0.4, -0.2) is 32.0 Å². The number of halogens is 1. The maximum atomic E-state index is 5.86. The number of hydrogen-bond acceptors (Lipinski definition) is 4. The first kappa shape index (κ1) is 13.7. The fraction of sp³-hybridized carbons (Fsp3) is 0.625. The van der Waals surface area contributed by atoms with Crippen molar-refractivity contribution in [3.8, 4) is 11.5 Å². The second-order valence-electron chi connectivity index (χ2n) is 6.66. The summed E-state index contributed by atoms with van der Waals surface area (Å²) >= 11 is 3.64. The summed E-state index contributed by atoms with van der Waals surface area (Å²) in [5.74, 6) is 2.25. The molecule has 1 saturated heterocycles. The van der Waals surface area contributed by atoms with Gasteiger partial charge in [-0.3, -0.25) is 0 Å². The van der Waals surface area contributed by atoms with Crippen molar-refractivity contribution >= 4 is 21.6 Å². The maximum absolute atomic E-state index is 5.86. The summed E-state index contributed by atoms with van der Waals surface area (Å²) in [6.07, 6.45) is 1.54. The van der Waals surface area contributed by atoms with Gasteiger partial charge in [-0.25, -0.2) is 0 Å². The molecule has 2 heterocycles. The summed E-state index contributed by atoms with van der Waals surface area (Å²) in [6.45, 7) is 6.68. The highest BCUT2D eigenvalue weighted by Gasteiger charge is 2.59. The van der Waals surface area contributed by atoms with E-state index in [0.717, 1.165) is 34.7 Å². The zero-order valence-corrected chi connectivity index (χ0v) is 13.9. The van der Waals surface area contributed by atoms with Gasteiger partial charge in [0.2, 0.25) is 0 Å². The van der Waals surface area contributed by atoms with E-state index in [1.54, 1.807) is 0 Å². The zero-order chi connectivity index (χ0) is 14.6. The van der Waals surface area contributed by atoms with Crippen molar-refractivity contribution in [3.63, 3.8) is 0 Å². The van der Waals surface area contributed by atoms with Crippen molar-refractivity contribution in [2.45, 2.75) is 32.4 Å². The number of fused-ring (bicyclic) bond motifs is 2. The molecule has 21 heavy (non-hydrogen) atoms. The molecule has 3 atom stereocenters. The molecule has 0 radical (unpaired) electrons. The minimum Gasteiger partial charge on any atom is -0.486 e. The minimum atomic E-state index is 0.161. The zero-order valence-electron chi connectivity index (χ0n) is 12.3. The normalized spacial score (nSPS) is 32.2. The van der Waals surface area contributed by atoms with Gasteiger partial charge in [-0.05, 0) is 22.4 Å². The van der Waals surface area contributed by atoms with E-state index >= 15 is 0 Å². The van der Waals surface area contributed by atoms with Gasteiger partial charge in [0.05, 0.1) is 11.8 Å². The standard InChI is InChI=1S/C16H20BrNO3/c1-16(2)14(9-3-4-21-15(9)16)18-11-8-13-12(7-10(11)17)19-5-6-20-13/h7-9,14-15,18H,3-6H2,1-2H3. The lowest BCUT2D eigenvalue weighted by molar-refractivity contribution is -0.0923. The Hall–Kier alpha value is -0.940. The molecule has 3 aliphatic rings. The van der Waals surface area contributed by atoms with Gasteiger partial charge >= 0.3 is 0 Å². The topological polar surface area (TPSA) is 39.7 Å². The van der Waals surface area contributed by atoms with Crippen LogP contribution in [0.2, 0.25) is 0 Å². The van der Waals surface area contributed by atoms with E-state index in [2.05, 4.69) is 35.1 Å². The van der Waals surface area contributed by atoms with Gasteiger partial charge in [-0.1, -0.05) is 13.8 Å². The lowest BCUT2D eigenvalue weighted by Crippen LogP contribution is -2.63. The number of hydrogen-bond donors (Lipinski definition) is 1. The van der Waals surface area contributed by atoms with Crippen molar-refractivity contribution < 1.29 is 14.2 Å². The maximum Gasteiger partial charge on any atom is 0.163 e. The predicted molar refractivity (Wildman–Crippen MR) is 84.2 cm³/mol. The van der Waals surface area contributed by atoms with E-state index in [1.165, 1.54) is 0 Å². The van der Waals surface area contributed by atoms with E-state index in [0.29, 0.717) is 31.3 Å². The first-order chi connectivity index (χ1) is 10.1. The van der Waals surface area contributed by atoms with Gasteiger partial charge in [0.15, 0.2) is 11.5 Å². The van der Waals surface area contributed by atoms with E-state index in [9.17, 15) is 0 Å². The summed E-state index contributed by atoms with van der Waals surface area (Å²) in [6, 6.07) is 4.46. The minimum absolute atomic E-state index is 0.161. The SMILES string of the molecule is CC1(C)C(Nc2cc3c(cc2Br)OCCO3)C2CCOC21. The lowest BCUT2D eigenvalue weighted by Gasteiger charge is -2.55. The Balaban J connectivity index is 1.60. The van der Waals surface area contributed by atoms with Crippen LogP contribution in [0, 0.1) is 11.3 Å². The van der Waals surface area contributed by atoms with Crippen molar-refractivity contribution in [3.05, 3.63) is 16.6 Å². The summed E-state index contributed by atoms with van der Waals surface area (Å²) in [5.41, 5.74) is 1.23. The molecule has 114 valence electrons. The molecule has 0 aromatic heterocycles. The summed E-state index contributed by atoms with van der Waals surface area (Å²) in [7, 11) is 0. The van der Waals surface area contributed by atoms with Crippen LogP contribution < -0.4 is 14.8 Å². The van der Waals surface area contributed by atoms with E-state index in [1.807, 2.05) is 12.1 Å². The summed E-state index contributed by atoms with van der Waals surface area (Å²) in [5, 5.41) is 3.70. The van der Waals surface area contributed by atoms with Crippen molar-refractivity contribution in [2.24, 2.45) is 11.3 Å². The van der Waals surface area contributed by atoms with Crippen LogP contribution in [0.25, 0.3) is 0 Å². The second kappa shape index (κ2) is 4.78. The molecule has 1 aliphatic carbocycles. The molecule has 1 N–H and O–H groups in total. The van der Waals surface area contributed by atoms with Gasteiger partial charge in [-0.15, -0.1) is 0 Å². The van der Waals surface area contributed by atoms with Crippen LogP contribution in [0.4, 0.5) is 5.69 Å². The molecule has 0 amide bonds. The third-order valence-electron chi connectivity index (χ3n) is 5.04. The van der Waals surface area contributed by atoms with Crippen LogP contribution in [0.5, 0.6) is 11.5 Å². The molecule has 0 bridgehead atoms. The van der Waals surface area contributed by atoms with Crippen LogP contribution >= 0.6 is 15.9 Å². The Bertz CT molecular complexity index is 575. The largest absolute Gasteiger partial charge is 0.486 e. The Morgan fingerprint density at radius 1 is 1.14 bits per heavy atom. The summed E-state index contributed by atoms with van der Waals surface area (Å²) < 4.78 is 18.2. The highest BCUT2D eigenvalue weighted by Crippen LogP contribution is 2.54. The Morgan fingerprint density at radius 2 is 1.86 bits per heavy atom. The smallest absolute Gasteiger partial charge is 0.163 e.